The fourth-order valence-electron chi connectivity index (χ4n) is 0.994. The van der Waals surface area contributed by atoms with Gasteiger partial charge in [0, 0.05) is 5.92 Å². The quantitative estimate of drug-likeness (QED) is 0.516. The molecule has 1 heteroatoms. The molecule has 0 heterocycles. The number of aldehydes is 1. The lowest BCUT2D eigenvalue weighted by Gasteiger charge is -1.92. The third kappa shape index (κ3) is 2.86. The molecule has 0 fully saturated rings. The van der Waals surface area contributed by atoms with Gasteiger partial charge in [0.15, 0.2) is 0 Å². The monoisotopic (exact) mass is 174 g/mol. The van der Waals surface area contributed by atoms with Crippen LogP contribution in [0.15, 0.2) is 36.9 Å². The largest absolute Gasteiger partial charge is 0.303 e. The first-order valence-corrected chi connectivity index (χ1v) is 4.50. The summed E-state index contributed by atoms with van der Waals surface area (Å²) in [6, 6.07) is 8.48. The van der Waals surface area contributed by atoms with Crippen LogP contribution in [0.25, 0.3) is 11.1 Å². The number of hydrogen-bond donors (Lipinski definition) is 0. The third-order valence-electron chi connectivity index (χ3n) is 2.06. The van der Waals surface area contributed by atoms with Gasteiger partial charge in [-0.3, -0.25) is 0 Å². The van der Waals surface area contributed by atoms with Crippen LogP contribution >= 0.6 is 0 Å². The number of hydrogen-bond acceptors (Lipinski definition) is 1. The van der Waals surface area contributed by atoms with Crippen molar-refractivity contribution >= 4 is 6.29 Å². The predicted molar refractivity (Wildman–Crippen MR) is 55.5 cm³/mol. The summed E-state index contributed by atoms with van der Waals surface area (Å²) >= 11 is 0. The van der Waals surface area contributed by atoms with Crippen LogP contribution in [0, 0.1) is 5.92 Å². The Kier molecular flexibility index (Phi) is 3.44. The van der Waals surface area contributed by atoms with Crippen LogP contribution in [0.5, 0.6) is 0 Å². The number of benzene rings is 1. The van der Waals surface area contributed by atoms with E-state index in [1.54, 1.807) is 6.08 Å². The summed E-state index contributed by atoms with van der Waals surface area (Å²) in [7, 11) is 0. The predicted octanol–water partition coefficient (Wildman–Crippen LogP) is 3.06. The summed E-state index contributed by atoms with van der Waals surface area (Å²) in [6.45, 7) is 5.43. The van der Waals surface area contributed by atoms with Crippen LogP contribution in [0.3, 0.4) is 0 Å². The van der Waals surface area contributed by atoms with E-state index in [0.29, 0.717) is 0 Å². The molecule has 2 rings (SSSR count). The highest BCUT2D eigenvalue weighted by Crippen LogP contribution is 2.32. The van der Waals surface area contributed by atoms with E-state index in [2.05, 4.69) is 30.8 Å². The van der Waals surface area contributed by atoms with Gasteiger partial charge in [-0.2, -0.15) is 0 Å². The zero-order valence-electron chi connectivity index (χ0n) is 7.86. The molecule has 0 amide bonds. The van der Waals surface area contributed by atoms with Crippen molar-refractivity contribution in [2.24, 2.45) is 5.92 Å². The highest BCUT2D eigenvalue weighted by molar-refractivity contribution is 5.80. The second kappa shape index (κ2) is 4.61. The van der Waals surface area contributed by atoms with E-state index in [0.717, 1.165) is 12.7 Å². The lowest BCUT2D eigenvalue weighted by atomic mass is 10.1. The van der Waals surface area contributed by atoms with Crippen LogP contribution in [0.4, 0.5) is 0 Å². The highest BCUT2D eigenvalue weighted by atomic mass is 16.1. The van der Waals surface area contributed by atoms with Crippen molar-refractivity contribution in [3.63, 3.8) is 0 Å². The molecule has 1 unspecified atom stereocenters. The lowest BCUT2D eigenvalue weighted by Crippen LogP contribution is -1.92. The van der Waals surface area contributed by atoms with Crippen LogP contribution in [0.1, 0.15) is 13.3 Å². The van der Waals surface area contributed by atoms with Crippen LogP contribution in [-0.4, -0.2) is 6.29 Å². The van der Waals surface area contributed by atoms with Crippen LogP contribution in [-0.2, 0) is 4.79 Å². The van der Waals surface area contributed by atoms with Crippen molar-refractivity contribution in [1.82, 2.24) is 0 Å². The number of fused-ring (bicyclic) bond motifs is 1. The van der Waals surface area contributed by atoms with Gasteiger partial charge < -0.3 is 4.79 Å². The highest BCUT2D eigenvalue weighted by Gasteiger charge is 2.06. The summed E-state index contributed by atoms with van der Waals surface area (Å²) in [5, 5.41) is 0. The van der Waals surface area contributed by atoms with Gasteiger partial charge in [-0.15, -0.1) is 6.58 Å². The molecule has 2 aliphatic carbocycles. The summed E-state index contributed by atoms with van der Waals surface area (Å²) < 4.78 is 0. The number of carbonyl (C=O) groups excluding carboxylic acids is 1. The molecule has 0 saturated carbocycles. The van der Waals surface area contributed by atoms with Gasteiger partial charge in [0.05, 0.1) is 0 Å². The maximum atomic E-state index is 9.90. The normalized spacial score (nSPS) is 12.1. The standard InChI is InChI=1S/C6H10O.C6H4/c1-3-6(4-2)5-7;1-2-5-4-6(5)3-1/h3,5-6H,1,4H2,2H3;1-4H. The Morgan fingerprint density at radius 1 is 1.46 bits per heavy atom. The van der Waals surface area contributed by atoms with E-state index in [9.17, 15) is 4.79 Å². The van der Waals surface area contributed by atoms with E-state index in [1.165, 1.54) is 11.1 Å². The molecule has 0 aromatic carbocycles. The van der Waals surface area contributed by atoms with Gasteiger partial charge in [0.25, 0.3) is 0 Å². The second-order valence-electron chi connectivity index (χ2n) is 3.02. The molecule has 0 aliphatic heterocycles. The first-order chi connectivity index (χ1) is 6.31. The number of rotatable bonds is 3. The van der Waals surface area contributed by atoms with Gasteiger partial charge in [-0.1, -0.05) is 31.2 Å². The summed E-state index contributed by atoms with van der Waals surface area (Å²) in [5.41, 5.74) is 2.85. The van der Waals surface area contributed by atoms with Crippen molar-refractivity contribution in [3.8, 4) is 11.1 Å². The van der Waals surface area contributed by atoms with Crippen molar-refractivity contribution in [2.45, 2.75) is 13.3 Å². The molecular formula is C12H14O. The average molecular weight is 174 g/mol. The summed E-state index contributed by atoms with van der Waals surface area (Å²) in [4.78, 5) is 9.90. The molecule has 13 heavy (non-hydrogen) atoms. The van der Waals surface area contributed by atoms with Gasteiger partial charge >= 0.3 is 0 Å². The van der Waals surface area contributed by atoms with Gasteiger partial charge in [0.2, 0.25) is 0 Å². The minimum Gasteiger partial charge on any atom is -0.303 e. The minimum absolute atomic E-state index is 0.0694. The first kappa shape index (κ1) is 9.72. The molecule has 0 aromatic rings. The molecule has 0 spiro atoms. The van der Waals surface area contributed by atoms with Gasteiger partial charge in [-0.25, -0.2) is 0 Å². The third-order valence-corrected chi connectivity index (χ3v) is 2.06. The summed E-state index contributed by atoms with van der Waals surface area (Å²) in [5.74, 6) is 0.0694. The van der Waals surface area contributed by atoms with E-state index >= 15 is 0 Å². The first-order valence-electron chi connectivity index (χ1n) is 4.50. The summed E-state index contributed by atoms with van der Waals surface area (Å²) in [6.07, 6.45) is 3.44. The Balaban J connectivity index is 0.000000130. The molecule has 0 radical (unpaired) electrons. The van der Waals surface area contributed by atoms with Crippen molar-refractivity contribution < 1.29 is 4.79 Å². The number of allylic oxidation sites excluding steroid dienone is 1. The van der Waals surface area contributed by atoms with E-state index in [4.69, 9.17) is 0 Å². The Morgan fingerprint density at radius 3 is 2.15 bits per heavy atom. The molecule has 68 valence electrons. The zero-order chi connectivity index (χ0) is 9.68. The fraction of sp³-hybridized carbons (Fsp3) is 0.250. The van der Waals surface area contributed by atoms with Gasteiger partial charge in [-0.05, 0) is 23.6 Å². The smallest absolute Gasteiger partial charge is 0.126 e. The molecule has 0 saturated heterocycles. The Labute approximate surface area is 79.1 Å². The fourth-order valence-corrected chi connectivity index (χ4v) is 0.994. The minimum atomic E-state index is 0.0694. The maximum absolute atomic E-state index is 9.90. The Morgan fingerprint density at radius 2 is 2.08 bits per heavy atom. The molecule has 0 bridgehead atoms. The van der Waals surface area contributed by atoms with Crippen LogP contribution in [0.2, 0.25) is 0 Å². The van der Waals surface area contributed by atoms with Crippen LogP contribution < -0.4 is 0 Å². The van der Waals surface area contributed by atoms with E-state index in [-0.39, 0.29) is 5.92 Å². The molecule has 0 aromatic heterocycles. The molecule has 2 aliphatic rings. The van der Waals surface area contributed by atoms with Crippen molar-refractivity contribution in [1.29, 1.82) is 0 Å². The van der Waals surface area contributed by atoms with Gasteiger partial charge in [0.1, 0.15) is 6.29 Å². The molecule has 0 N–H and O–H groups in total. The Hall–Kier alpha value is -1.37. The maximum Gasteiger partial charge on any atom is 0.126 e. The molecule has 1 atom stereocenters. The second-order valence-corrected chi connectivity index (χ2v) is 3.02. The Bertz CT molecular complexity index is 276. The molecule has 1 nitrogen and oxygen atoms in total. The topological polar surface area (TPSA) is 17.1 Å². The zero-order valence-corrected chi connectivity index (χ0v) is 7.86. The van der Waals surface area contributed by atoms with E-state index < -0.39 is 0 Å². The van der Waals surface area contributed by atoms with Crippen molar-refractivity contribution in [3.05, 3.63) is 36.9 Å². The van der Waals surface area contributed by atoms with E-state index in [1.807, 2.05) is 6.92 Å². The lowest BCUT2D eigenvalue weighted by molar-refractivity contribution is -0.109. The number of carbonyl (C=O) groups is 1. The molecular weight excluding hydrogens is 160 g/mol. The van der Waals surface area contributed by atoms with Crippen molar-refractivity contribution in [2.75, 3.05) is 0 Å². The average Bonchev–Trinajstić information content (AvgIpc) is 2.78. The SMILES string of the molecule is C=CC(C=O)CC.c1cc2cc-2c1.